The lowest BCUT2D eigenvalue weighted by Crippen LogP contribution is -2.24. The first-order chi connectivity index (χ1) is 13.1. The van der Waals surface area contributed by atoms with Crippen LogP contribution in [0.15, 0.2) is 47.6 Å². The number of hydrazone groups is 1. The Balaban J connectivity index is 1.94. The number of benzene rings is 2. The van der Waals surface area contributed by atoms with Crippen LogP contribution in [0.3, 0.4) is 0 Å². The molecule has 0 saturated carbocycles. The summed E-state index contributed by atoms with van der Waals surface area (Å²) in [6.45, 7) is 4.09. The molecule has 1 aliphatic heterocycles. The average Bonchev–Trinajstić information content (AvgIpc) is 3.14. The van der Waals surface area contributed by atoms with E-state index in [0.717, 1.165) is 22.6 Å². The zero-order valence-electron chi connectivity index (χ0n) is 16.1. The molecule has 0 aliphatic carbocycles. The highest BCUT2D eigenvalue weighted by atomic mass is 16.5. The van der Waals surface area contributed by atoms with Crippen molar-refractivity contribution in [3.8, 4) is 17.2 Å². The van der Waals surface area contributed by atoms with E-state index in [9.17, 15) is 4.79 Å². The van der Waals surface area contributed by atoms with E-state index >= 15 is 0 Å². The molecule has 6 nitrogen and oxygen atoms in total. The smallest absolute Gasteiger partial charge is 0.240 e. The fraction of sp³-hybridized carbons (Fsp3) is 0.333. The number of hydrogen-bond acceptors (Lipinski definition) is 5. The Morgan fingerprint density at radius 3 is 2.41 bits per heavy atom. The Morgan fingerprint density at radius 2 is 1.81 bits per heavy atom. The van der Waals surface area contributed by atoms with Gasteiger partial charge in [0.05, 0.1) is 32.6 Å². The summed E-state index contributed by atoms with van der Waals surface area (Å²) in [7, 11) is 3.24. The molecule has 0 radical (unpaired) electrons. The van der Waals surface area contributed by atoms with Crippen LogP contribution in [0.2, 0.25) is 0 Å². The molecule has 27 heavy (non-hydrogen) atoms. The zero-order chi connectivity index (χ0) is 19.4. The van der Waals surface area contributed by atoms with Gasteiger partial charge in [0.1, 0.15) is 17.2 Å². The first kappa shape index (κ1) is 18.8. The lowest BCUT2D eigenvalue weighted by molar-refractivity contribution is -0.130. The van der Waals surface area contributed by atoms with E-state index in [1.165, 1.54) is 11.9 Å². The van der Waals surface area contributed by atoms with E-state index < -0.39 is 0 Å². The fourth-order valence-corrected chi connectivity index (χ4v) is 3.22. The van der Waals surface area contributed by atoms with Crippen molar-refractivity contribution in [1.29, 1.82) is 0 Å². The lowest BCUT2D eigenvalue weighted by atomic mass is 9.97. The van der Waals surface area contributed by atoms with Crippen LogP contribution in [0, 0.1) is 0 Å². The Bertz CT molecular complexity index is 846. The van der Waals surface area contributed by atoms with E-state index in [1.54, 1.807) is 14.2 Å². The van der Waals surface area contributed by atoms with Crippen LogP contribution in [-0.4, -0.2) is 37.5 Å². The minimum Gasteiger partial charge on any atom is -0.497 e. The van der Waals surface area contributed by atoms with Crippen molar-refractivity contribution in [3.05, 3.63) is 53.6 Å². The number of nitrogens with zero attached hydrogens (tertiary/aromatic N) is 2. The molecule has 0 fully saturated rings. The second kappa shape index (κ2) is 8.12. The van der Waals surface area contributed by atoms with Gasteiger partial charge in [0.2, 0.25) is 5.91 Å². The van der Waals surface area contributed by atoms with Crippen molar-refractivity contribution in [2.75, 3.05) is 20.8 Å². The number of hydrogen-bond donors (Lipinski definition) is 0. The molecule has 0 N–H and O–H groups in total. The van der Waals surface area contributed by atoms with Crippen molar-refractivity contribution in [2.45, 2.75) is 26.3 Å². The predicted molar refractivity (Wildman–Crippen MR) is 104 cm³/mol. The molecule has 1 aliphatic rings. The summed E-state index contributed by atoms with van der Waals surface area (Å²) in [5, 5.41) is 6.12. The number of ether oxygens (including phenoxy) is 3. The maximum Gasteiger partial charge on any atom is 0.240 e. The van der Waals surface area contributed by atoms with Gasteiger partial charge in [-0.1, -0.05) is 12.1 Å². The molecule has 0 spiro atoms. The summed E-state index contributed by atoms with van der Waals surface area (Å²) in [6.07, 6.45) is 0.594. The molecule has 1 unspecified atom stereocenters. The summed E-state index contributed by atoms with van der Waals surface area (Å²) >= 11 is 0. The van der Waals surface area contributed by atoms with Crippen LogP contribution in [0.4, 0.5) is 0 Å². The summed E-state index contributed by atoms with van der Waals surface area (Å²) in [5.41, 5.74) is 2.63. The first-order valence-corrected chi connectivity index (χ1v) is 8.89. The molecule has 2 aromatic carbocycles. The van der Waals surface area contributed by atoms with Crippen molar-refractivity contribution >= 4 is 11.6 Å². The summed E-state index contributed by atoms with van der Waals surface area (Å²) in [6, 6.07) is 13.2. The number of methoxy groups -OCH3 is 2. The van der Waals surface area contributed by atoms with Gasteiger partial charge < -0.3 is 14.2 Å². The lowest BCUT2D eigenvalue weighted by Gasteiger charge is -2.20. The van der Waals surface area contributed by atoms with Gasteiger partial charge in [-0.2, -0.15) is 5.10 Å². The van der Waals surface area contributed by atoms with Crippen molar-refractivity contribution in [3.63, 3.8) is 0 Å². The van der Waals surface area contributed by atoms with Crippen molar-refractivity contribution in [2.24, 2.45) is 5.10 Å². The van der Waals surface area contributed by atoms with Crippen LogP contribution in [0.5, 0.6) is 17.2 Å². The largest absolute Gasteiger partial charge is 0.497 e. The molecule has 142 valence electrons. The van der Waals surface area contributed by atoms with Gasteiger partial charge in [0.15, 0.2) is 0 Å². The second-order valence-electron chi connectivity index (χ2n) is 6.20. The minimum atomic E-state index is -0.163. The number of carbonyl (C=O) groups is 1. The number of rotatable bonds is 6. The molecular formula is C21H24N2O4. The summed E-state index contributed by atoms with van der Waals surface area (Å²) in [5.74, 6) is 2.12. The van der Waals surface area contributed by atoms with E-state index in [1.807, 2.05) is 49.4 Å². The molecule has 0 bridgehead atoms. The molecule has 0 aromatic heterocycles. The average molecular weight is 368 g/mol. The Labute approximate surface area is 159 Å². The Kier molecular flexibility index (Phi) is 5.64. The molecule has 1 heterocycles. The van der Waals surface area contributed by atoms with Crippen molar-refractivity contribution < 1.29 is 19.0 Å². The second-order valence-corrected chi connectivity index (χ2v) is 6.20. The minimum absolute atomic E-state index is 0.106. The van der Waals surface area contributed by atoms with E-state index in [-0.39, 0.29) is 11.9 Å². The highest BCUT2D eigenvalue weighted by Gasteiger charge is 2.32. The van der Waals surface area contributed by atoms with E-state index in [4.69, 9.17) is 14.2 Å². The Morgan fingerprint density at radius 1 is 1.11 bits per heavy atom. The van der Waals surface area contributed by atoms with Crippen LogP contribution < -0.4 is 14.2 Å². The van der Waals surface area contributed by atoms with E-state index in [2.05, 4.69) is 5.10 Å². The van der Waals surface area contributed by atoms with Crippen LogP contribution >= 0.6 is 0 Å². The number of amides is 1. The maximum absolute atomic E-state index is 12.2. The molecule has 0 saturated heterocycles. The third-order valence-corrected chi connectivity index (χ3v) is 4.53. The van der Waals surface area contributed by atoms with Crippen LogP contribution in [0.25, 0.3) is 0 Å². The van der Waals surface area contributed by atoms with Crippen LogP contribution in [0.1, 0.15) is 37.4 Å². The summed E-state index contributed by atoms with van der Waals surface area (Å²) in [4.78, 5) is 12.2. The highest BCUT2D eigenvalue weighted by molar-refractivity contribution is 6.05. The van der Waals surface area contributed by atoms with E-state index in [0.29, 0.717) is 24.5 Å². The van der Waals surface area contributed by atoms with Gasteiger partial charge >= 0.3 is 0 Å². The normalized spacial score (nSPS) is 16.1. The zero-order valence-corrected chi connectivity index (χ0v) is 16.1. The highest BCUT2D eigenvalue weighted by Crippen LogP contribution is 2.36. The molecule has 6 heteroatoms. The van der Waals surface area contributed by atoms with Gasteiger partial charge in [-0.3, -0.25) is 4.79 Å². The third-order valence-electron chi connectivity index (χ3n) is 4.53. The standard InChI is InChI=1S/C21H24N2O4/c1-5-27-16-8-6-15(7-9-16)20-13-19(22-23(20)14(2)24)18-12-17(25-3)10-11-21(18)26-4/h6-12,20H,5,13H2,1-4H3. The van der Waals surface area contributed by atoms with Gasteiger partial charge in [-0.05, 0) is 42.8 Å². The first-order valence-electron chi connectivity index (χ1n) is 8.89. The molecule has 1 atom stereocenters. The van der Waals surface area contributed by atoms with Gasteiger partial charge in [0.25, 0.3) is 0 Å². The maximum atomic E-state index is 12.2. The monoisotopic (exact) mass is 368 g/mol. The number of carbonyl (C=O) groups excluding carboxylic acids is 1. The molecule has 1 amide bonds. The quantitative estimate of drug-likeness (QED) is 0.778. The van der Waals surface area contributed by atoms with Gasteiger partial charge in [-0.25, -0.2) is 5.01 Å². The molecule has 2 aromatic rings. The molecule has 3 rings (SSSR count). The van der Waals surface area contributed by atoms with Crippen molar-refractivity contribution in [1.82, 2.24) is 5.01 Å². The van der Waals surface area contributed by atoms with Gasteiger partial charge in [0, 0.05) is 18.9 Å². The SMILES string of the molecule is CCOc1ccc(C2CC(c3cc(OC)ccc3OC)=NN2C(C)=O)cc1. The fourth-order valence-electron chi connectivity index (χ4n) is 3.22. The Hall–Kier alpha value is -3.02. The third kappa shape index (κ3) is 3.89. The summed E-state index contributed by atoms with van der Waals surface area (Å²) < 4.78 is 16.3. The molecular weight excluding hydrogens is 344 g/mol. The topological polar surface area (TPSA) is 60.4 Å². The van der Waals surface area contributed by atoms with Crippen LogP contribution in [-0.2, 0) is 4.79 Å². The van der Waals surface area contributed by atoms with Gasteiger partial charge in [-0.15, -0.1) is 0 Å². The predicted octanol–water partition coefficient (Wildman–Crippen LogP) is 3.80.